The molecule has 2 N–H and O–H groups in total. The summed E-state index contributed by atoms with van der Waals surface area (Å²) in [6, 6.07) is 0.430. The summed E-state index contributed by atoms with van der Waals surface area (Å²) in [7, 11) is 0. The third kappa shape index (κ3) is 2.88. The molecule has 0 aliphatic carbocycles. The van der Waals surface area contributed by atoms with Crippen molar-refractivity contribution in [2.45, 2.75) is 18.6 Å². The highest BCUT2D eigenvalue weighted by atomic mass is 79.9. The summed E-state index contributed by atoms with van der Waals surface area (Å²) in [5.41, 5.74) is 0.108. The second-order valence-corrected chi connectivity index (χ2v) is 5.47. The molecule has 2 atom stereocenters. The Hall–Kier alpha value is -1.18. The Bertz CT molecular complexity index is 539. The number of aliphatic hydroxyl groups excluding tert-OH is 1. The van der Waals surface area contributed by atoms with Gasteiger partial charge in [-0.1, -0.05) is 11.6 Å². The van der Waals surface area contributed by atoms with Gasteiger partial charge in [0.2, 0.25) is 0 Å². The van der Waals surface area contributed by atoms with E-state index in [4.69, 9.17) is 16.7 Å². The van der Waals surface area contributed by atoms with Gasteiger partial charge in [-0.15, -0.1) is 0 Å². The molecule has 1 amide bonds. The van der Waals surface area contributed by atoms with E-state index < -0.39 is 24.0 Å². The molecule has 2 rings (SSSR count). The summed E-state index contributed by atoms with van der Waals surface area (Å²) in [5, 5.41) is 18.6. The zero-order chi connectivity index (χ0) is 14.2. The Morgan fingerprint density at radius 2 is 2.21 bits per heavy atom. The Balaban J connectivity index is 2.33. The topological polar surface area (TPSA) is 90.7 Å². The lowest BCUT2D eigenvalue weighted by molar-refractivity contribution is -0.141. The zero-order valence-corrected chi connectivity index (χ0v) is 11.9. The molecule has 0 spiro atoms. The van der Waals surface area contributed by atoms with Crippen LogP contribution in [0.3, 0.4) is 0 Å². The fourth-order valence-corrected chi connectivity index (χ4v) is 2.52. The van der Waals surface area contributed by atoms with E-state index in [-0.39, 0.29) is 23.7 Å². The Kier molecular flexibility index (Phi) is 4.07. The predicted octanol–water partition coefficient (Wildman–Crippen LogP) is 1.16. The maximum absolute atomic E-state index is 12.3. The average molecular weight is 350 g/mol. The molecule has 0 saturated carbocycles. The molecule has 1 fully saturated rings. The van der Waals surface area contributed by atoms with Crippen LogP contribution in [0.5, 0.6) is 0 Å². The minimum Gasteiger partial charge on any atom is -0.480 e. The summed E-state index contributed by atoms with van der Waals surface area (Å²) < 4.78 is 0.562. The Labute approximate surface area is 122 Å². The first kappa shape index (κ1) is 14.2. The lowest BCUT2D eigenvalue weighted by atomic mass is 10.2. The second-order valence-electron chi connectivity index (χ2n) is 4.19. The summed E-state index contributed by atoms with van der Waals surface area (Å²) >= 11 is 9.02. The van der Waals surface area contributed by atoms with Gasteiger partial charge in [-0.3, -0.25) is 4.79 Å². The monoisotopic (exact) mass is 348 g/mol. The lowest BCUT2D eigenvalue weighted by Crippen LogP contribution is -2.40. The first-order valence-electron chi connectivity index (χ1n) is 5.43. The van der Waals surface area contributed by atoms with Crippen molar-refractivity contribution in [3.8, 4) is 0 Å². The standard InChI is InChI=1S/C11H10BrClN2O4/c12-5-1-7(9(13)14-3-5)10(17)15-4-6(16)2-8(15)11(18)19/h1,3,6,8,16H,2,4H2,(H,18,19)/t6-,8+/m1/s1. The predicted molar refractivity (Wildman–Crippen MR) is 70.0 cm³/mol. The highest BCUT2D eigenvalue weighted by molar-refractivity contribution is 9.10. The van der Waals surface area contributed by atoms with Crippen LogP contribution in [0.15, 0.2) is 16.7 Å². The highest BCUT2D eigenvalue weighted by Crippen LogP contribution is 2.25. The molecule has 102 valence electrons. The van der Waals surface area contributed by atoms with Crippen molar-refractivity contribution in [1.29, 1.82) is 0 Å². The van der Waals surface area contributed by atoms with Gasteiger partial charge in [0.1, 0.15) is 11.2 Å². The number of carboxylic acid groups (broad SMARTS) is 1. The lowest BCUT2D eigenvalue weighted by Gasteiger charge is -2.21. The number of nitrogens with zero attached hydrogens (tertiary/aromatic N) is 2. The maximum atomic E-state index is 12.3. The van der Waals surface area contributed by atoms with E-state index >= 15 is 0 Å². The number of rotatable bonds is 2. The molecular formula is C11H10BrClN2O4. The molecule has 6 nitrogen and oxygen atoms in total. The molecule has 0 unspecified atom stereocenters. The average Bonchev–Trinajstić information content (AvgIpc) is 2.74. The summed E-state index contributed by atoms with van der Waals surface area (Å²) in [4.78, 5) is 28.3. The molecule has 1 aromatic heterocycles. The van der Waals surface area contributed by atoms with Crippen molar-refractivity contribution in [2.75, 3.05) is 6.54 Å². The van der Waals surface area contributed by atoms with E-state index in [0.717, 1.165) is 4.90 Å². The number of aromatic nitrogens is 1. The van der Waals surface area contributed by atoms with Crippen LogP contribution < -0.4 is 0 Å². The van der Waals surface area contributed by atoms with Crippen LogP contribution in [0.4, 0.5) is 0 Å². The van der Waals surface area contributed by atoms with Crippen molar-refractivity contribution < 1.29 is 19.8 Å². The summed E-state index contributed by atoms with van der Waals surface area (Å²) in [6.45, 7) is -0.0291. The van der Waals surface area contributed by atoms with Gasteiger partial charge in [-0.05, 0) is 22.0 Å². The van der Waals surface area contributed by atoms with Gasteiger partial charge in [0, 0.05) is 23.6 Å². The number of β-amino-alcohol motifs (C(OH)–C–C–N with tert-alkyl or cyclic N) is 1. The van der Waals surface area contributed by atoms with Crippen LogP contribution in [0.2, 0.25) is 5.15 Å². The smallest absolute Gasteiger partial charge is 0.326 e. The van der Waals surface area contributed by atoms with E-state index in [9.17, 15) is 14.7 Å². The normalized spacial score (nSPS) is 22.6. The summed E-state index contributed by atoms with van der Waals surface area (Å²) in [6.07, 6.45) is 0.608. The molecule has 8 heteroatoms. The molecule has 2 heterocycles. The fraction of sp³-hybridized carbons (Fsp3) is 0.364. The van der Waals surface area contributed by atoms with Crippen LogP contribution >= 0.6 is 27.5 Å². The minimum absolute atomic E-state index is 0.00118. The third-order valence-electron chi connectivity index (χ3n) is 2.86. The number of hydrogen-bond acceptors (Lipinski definition) is 4. The SMILES string of the molecule is O=C(O)[C@@H]1C[C@@H](O)CN1C(=O)c1cc(Br)cnc1Cl. The van der Waals surface area contributed by atoms with Crippen molar-refractivity contribution in [2.24, 2.45) is 0 Å². The molecule has 1 aromatic rings. The number of amides is 1. The molecule has 0 radical (unpaired) electrons. The number of hydrogen-bond donors (Lipinski definition) is 2. The van der Waals surface area contributed by atoms with Crippen molar-refractivity contribution in [1.82, 2.24) is 9.88 Å². The number of pyridine rings is 1. The second kappa shape index (κ2) is 5.44. The van der Waals surface area contributed by atoms with Gasteiger partial charge in [-0.25, -0.2) is 9.78 Å². The van der Waals surface area contributed by atoms with E-state index in [2.05, 4.69) is 20.9 Å². The Morgan fingerprint density at radius 3 is 2.84 bits per heavy atom. The number of carboxylic acids is 1. The Morgan fingerprint density at radius 1 is 1.53 bits per heavy atom. The number of aliphatic carboxylic acids is 1. The molecule has 1 aliphatic rings. The van der Waals surface area contributed by atoms with Crippen LogP contribution in [0.1, 0.15) is 16.8 Å². The quantitative estimate of drug-likeness (QED) is 0.782. The van der Waals surface area contributed by atoms with Crippen molar-refractivity contribution in [3.63, 3.8) is 0 Å². The molecule has 1 aliphatic heterocycles. The van der Waals surface area contributed by atoms with Gasteiger partial charge in [0.15, 0.2) is 0 Å². The van der Waals surface area contributed by atoms with Crippen LogP contribution in [-0.4, -0.2) is 50.7 Å². The molecule has 1 saturated heterocycles. The van der Waals surface area contributed by atoms with Crippen LogP contribution in [0, 0.1) is 0 Å². The fourth-order valence-electron chi connectivity index (χ4n) is 2.00. The van der Waals surface area contributed by atoms with Gasteiger partial charge >= 0.3 is 5.97 Å². The van der Waals surface area contributed by atoms with E-state index in [1.165, 1.54) is 12.3 Å². The van der Waals surface area contributed by atoms with Crippen molar-refractivity contribution in [3.05, 3.63) is 27.5 Å². The van der Waals surface area contributed by atoms with Gasteiger partial charge in [-0.2, -0.15) is 0 Å². The maximum Gasteiger partial charge on any atom is 0.326 e. The first-order chi connectivity index (χ1) is 8.90. The largest absolute Gasteiger partial charge is 0.480 e. The van der Waals surface area contributed by atoms with Gasteiger partial charge in [0.25, 0.3) is 5.91 Å². The number of carbonyl (C=O) groups is 2. The van der Waals surface area contributed by atoms with Crippen LogP contribution in [-0.2, 0) is 4.79 Å². The van der Waals surface area contributed by atoms with E-state index in [1.807, 2.05) is 0 Å². The first-order valence-corrected chi connectivity index (χ1v) is 6.60. The highest BCUT2D eigenvalue weighted by Gasteiger charge is 2.39. The van der Waals surface area contributed by atoms with E-state index in [0.29, 0.717) is 4.47 Å². The third-order valence-corrected chi connectivity index (χ3v) is 3.60. The minimum atomic E-state index is -1.15. The summed E-state index contributed by atoms with van der Waals surface area (Å²) in [5.74, 6) is -1.70. The van der Waals surface area contributed by atoms with Crippen LogP contribution in [0.25, 0.3) is 0 Å². The zero-order valence-electron chi connectivity index (χ0n) is 9.58. The number of aliphatic hydroxyl groups is 1. The molecule has 19 heavy (non-hydrogen) atoms. The van der Waals surface area contributed by atoms with Gasteiger partial charge in [0.05, 0.1) is 11.7 Å². The molecule has 0 aromatic carbocycles. The number of likely N-dealkylation sites (tertiary alicyclic amines) is 1. The van der Waals surface area contributed by atoms with E-state index in [1.54, 1.807) is 0 Å². The number of halogens is 2. The van der Waals surface area contributed by atoms with Gasteiger partial charge < -0.3 is 15.1 Å². The number of carbonyl (C=O) groups excluding carboxylic acids is 1. The molecular weight excluding hydrogens is 339 g/mol. The van der Waals surface area contributed by atoms with Crippen molar-refractivity contribution >= 4 is 39.4 Å². The molecule has 0 bridgehead atoms.